The van der Waals surface area contributed by atoms with Crippen LogP contribution in [0.25, 0.3) is 0 Å². The Hall–Kier alpha value is -3.12. The van der Waals surface area contributed by atoms with Crippen molar-refractivity contribution in [3.63, 3.8) is 0 Å². The summed E-state index contributed by atoms with van der Waals surface area (Å²) in [6.07, 6.45) is 3.67. The first-order chi connectivity index (χ1) is 15.0. The van der Waals surface area contributed by atoms with Crippen molar-refractivity contribution in [3.05, 3.63) is 89.5 Å². The lowest BCUT2D eigenvalue weighted by atomic mass is 10.00. The first-order valence-electron chi connectivity index (χ1n) is 10.6. The number of hydrogen-bond donors (Lipinski definition) is 1. The van der Waals surface area contributed by atoms with Crippen molar-refractivity contribution in [2.45, 2.75) is 37.5 Å². The smallest absolute Gasteiger partial charge is 0.261 e. The third kappa shape index (κ3) is 4.64. The second kappa shape index (κ2) is 8.94. The maximum absolute atomic E-state index is 13.1. The fourth-order valence-electron chi connectivity index (χ4n) is 3.92. The van der Waals surface area contributed by atoms with Gasteiger partial charge in [-0.1, -0.05) is 49.7 Å². The molecule has 6 heteroatoms. The Kier molecular flexibility index (Phi) is 6.09. The SMILES string of the molecule is CCCc1ccc(S(=O)(=O)Nc2ccc3c(c2)N(C(=O)c2ccccc2)CCC3)cc1. The molecule has 0 bridgehead atoms. The van der Waals surface area contributed by atoms with Gasteiger partial charge in [0, 0.05) is 17.8 Å². The molecule has 3 aromatic rings. The summed E-state index contributed by atoms with van der Waals surface area (Å²) in [7, 11) is -3.71. The zero-order valence-electron chi connectivity index (χ0n) is 17.5. The molecule has 1 N–H and O–H groups in total. The summed E-state index contributed by atoms with van der Waals surface area (Å²) in [5.41, 5.74) is 3.99. The number of fused-ring (bicyclic) bond motifs is 1. The van der Waals surface area contributed by atoms with Gasteiger partial charge in [0.15, 0.2) is 0 Å². The largest absolute Gasteiger partial charge is 0.308 e. The number of carbonyl (C=O) groups is 1. The van der Waals surface area contributed by atoms with Crippen LogP contribution < -0.4 is 9.62 Å². The highest BCUT2D eigenvalue weighted by atomic mass is 32.2. The van der Waals surface area contributed by atoms with Crippen molar-refractivity contribution < 1.29 is 13.2 Å². The summed E-state index contributed by atoms with van der Waals surface area (Å²) in [5, 5.41) is 0. The molecule has 0 saturated heterocycles. The van der Waals surface area contributed by atoms with E-state index < -0.39 is 10.0 Å². The lowest BCUT2D eigenvalue weighted by Crippen LogP contribution is -2.35. The molecule has 1 heterocycles. The van der Waals surface area contributed by atoms with Crippen LogP contribution >= 0.6 is 0 Å². The van der Waals surface area contributed by atoms with Gasteiger partial charge in [-0.25, -0.2) is 8.42 Å². The Bertz CT molecular complexity index is 1170. The summed E-state index contributed by atoms with van der Waals surface area (Å²) in [5.74, 6) is -0.0759. The van der Waals surface area contributed by atoms with Crippen molar-refractivity contribution >= 4 is 27.3 Å². The van der Waals surface area contributed by atoms with Crippen LogP contribution in [0.15, 0.2) is 77.7 Å². The minimum Gasteiger partial charge on any atom is -0.308 e. The summed E-state index contributed by atoms with van der Waals surface area (Å²) in [6.45, 7) is 2.70. The van der Waals surface area contributed by atoms with E-state index in [1.165, 1.54) is 0 Å². The highest BCUT2D eigenvalue weighted by Gasteiger charge is 2.24. The van der Waals surface area contributed by atoms with Gasteiger partial charge >= 0.3 is 0 Å². The molecule has 31 heavy (non-hydrogen) atoms. The number of hydrogen-bond acceptors (Lipinski definition) is 3. The fourth-order valence-corrected chi connectivity index (χ4v) is 4.97. The van der Waals surface area contributed by atoms with E-state index in [1.54, 1.807) is 41.3 Å². The molecule has 0 aromatic heterocycles. The number of carbonyl (C=O) groups excluding carboxylic acids is 1. The maximum atomic E-state index is 13.1. The zero-order valence-corrected chi connectivity index (χ0v) is 18.4. The van der Waals surface area contributed by atoms with Gasteiger partial charge in [0.1, 0.15) is 0 Å². The fraction of sp³-hybridized carbons (Fsp3) is 0.240. The molecule has 0 radical (unpaired) electrons. The van der Waals surface area contributed by atoms with E-state index in [9.17, 15) is 13.2 Å². The second-order valence-electron chi connectivity index (χ2n) is 7.77. The predicted octanol–water partition coefficient (Wildman–Crippen LogP) is 5.03. The molecular weight excluding hydrogens is 408 g/mol. The molecule has 160 valence electrons. The van der Waals surface area contributed by atoms with E-state index in [-0.39, 0.29) is 10.8 Å². The number of nitrogens with zero attached hydrogens (tertiary/aromatic N) is 1. The Labute approximate surface area is 183 Å². The van der Waals surface area contributed by atoms with E-state index in [1.807, 2.05) is 36.4 Å². The second-order valence-corrected chi connectivity index (χ2v) is 9.45. The Balaban J connectivity index is 1.60. The molecule has 0 fully saturated rings. The van der Waals surface area contributed by atoms with Crippen LogP contribution in [0.2, 0.25) is 0 Å². The number of sulfonamides is 1. The van der Waals surface area contributed by atoms with Gasteiger partial charge in [-0.15, -0.1) is 0 Å². The minimum atomic E-state index is -3.71. The quantitative estimate of drug-likeness (QED) is 0.591. The molecule has 0 atom stereocenters. The van der Waals surface area contributed by atoms with Gasteiger partial charge in [0.05, 0.1) is 10.6 Å². The van der Waals surface area contributed by atoms with E-state index in [0.29, 0.717) is 17.8 Å². The van der Waals surface area contributed by atoms with Gasteiger partial charge < -0.3 is 4.90 Å². The predicted molar refractivity (Wildman–Crippen MR) is 124 cm³/mol. The molecular formula is C25H26N2O3S. The number of aryl methyl sites for hydroxylation is 2. The Morgan fingerprint density at radius 3 is 2.45 bits per heavy atom. The molecule has 4 rings (SSSR count). The van der Waals surface area contributed by atoms with E-state index in [2.05, 4.69) is 11.6 Å². The third-order valence-corrected chi connectivity index (χ3v) is 6.89. The normalized spacial score (nSPS) is 13.5. The van der Waals surface area contributed by atoms with Crippen LogP contribution in [0.4, 0.5) is 11.4 Å². The molecule has 0 spiro atoms. The summed E-state index contributed by atoms with van der Waals surface area (Å²) in [4.78, 5) is 15.0. The zero-order chi connectivity index (χ0) is 21.8. The monoisotopic (exact) mass is 434 g/mol. The van der Waals surface area contributed by atoms with E-state index in [0.717, 1.165) is 42.5 Å². The average molecular weight is 435 g/mol. The molecule has 1 aliphatic rings. The summed E-state index contributed by atoms with van der Waals surface area (Å²) >= 11 is 0. The van der Waals surface area contributed by atoms with Gasteiger partial charge in [-0.3, -0.25) is 9.52 Å². The summed E-state index contributed by atoms with van der Waals surface area (Å²) in [6, 6.07) is 21.6. The standard InChI is InChI=1S/C25H26N2O3S/c1-2-7-19-11-15-23(16-12-19)31(29,30)26-22-14-13-20-10-6-17-27(24(20)18-22)25(28)21-8-4-3-5-9-21/h3-5,8-9,11-16,18,26H,2,6-7,10,17H2,1H3. The van der Waals surface area contributed by atoms with Crippen LogP contribution in [-0.2, 0) is 22.9 Å². The number of anilines is 2. The van der Waals surface area contributed by atoms with Gasteiger partial charge in [-0.2, -0.15) is 0 Å². The third-order valence-electron chi connectivity index (χ3n) is 5.49. The van der Waals surface area contributed by atoms with Crippen LogP contribution in [-0.4, -0.2) is 20.9 Å². The maximum Gasteiger partial charge on any atom is 0.261 e. The van der Waals surface area contributed by atoms with Crippen molar-refractivity contribution in [2.24, 2.45) is 0 Å². The van der Waals surface area contributed by atoms with Gasteiger partial charge in [0.2, 0.25) is 0 Å². The van der Waals surface area contributed by atoms with Crippen LogP contribution in [0.1, 0.15) is 41.3 Å². The molecule has 1 aliphatic heterocycles. The van der Waals surface area contributed by atoms with E-state index in [4.69, 9.17) is 0 Å². The number of benzene rings is 3. The van der Waals surface area contributed by atoms with Crippen molar-refractivity contribution in [2.75, 3.05) is 16.2 Å². The molecule has 0 unspecified atom stereocenters. The van der Waals surface area contributed by atoms with Crippen LogP contribution in [0.3, 0.4) is 0 Å². The molecule has 5 nitrogen and oxygen atoms in total. The lowest BCUT2D eigenvalue weighted by molar-refractivity contribution is 0.0985. The lowest BCUT2D eigenvalue weighted by Gasteiger charge is -2.30. The molecule has 3 aromatic carbocycles. The highest BCUT2D eigenvalue weighted by Crippen LogP contribution is 2.32. The Morgan fingerprint density at radius 1 is 1.00 bits per heavy atom. The van der Waals surface area contributed by atoms with E-state index >= 15 is 0 Å². The number of rotatable bonds is 6. The topological polar surface area (TPSA) is 66.5 Å². The van der Waals surface area contributed by atoms with Crippen molar-refractivity contribution in [1.82, 2.24) is 0 Å². The molecule has 0 aliphatic carbocycles. The first-order valence-corrected chi connectivity index (χ1v) is 12.1. The van der Waals surface area contributed by atoms with Crippen LogP contribution in [0.5, 0.6) is 0 Å². The van der Waals surface area contributed by atoms with Gasteiger partial charge in [-0.05, 0) is 66.8 Å². The highest BCUT2D eigenvalue weighted by molar-refractivity contribution is 7.92. The number of nitrogens with one attached hydrogen (secondary N) is 1. The first kappa shape index (κ1) is 21.1. The number of amides is 1. The molecule has 0 saturated carbocycles. The average Bonchev–Trinajstić information content (AvgIpc) is 2.79. The van der Waals surface area contributed by atoms with Crippen molar-refractivity contribution in [1.29, 1.82) is 0 Å². The minimum absolute atomic E-state index is 0.0759. The molecule has 1 amide bonds. The Morgan fingerprint density at radius 2 is 1.74 bits per heavy atom. The van der Waals surface area contributed by atoms with Gasteiger partial charge in [0.25, 0.3) is 15.9 Å². The summed E-state index contributed by atoms with van der Waals surface area (Å²) < 4.78 is 28.4. The van der Waals surface area contributed by atoms with Crippen molar-refractivity contribution in [3.8, 4) is 0 Å². The van der Waals surface area contributed by atoms with Crippen LogP contribution in [0, 0.1) is 0 Å².